The normalized spacial score (nSPS) is 12.8. The van der Waals surface area contributed by atoms with Crippen LogP contribution in [0.3, 0.4) is 0 Å². The maximum Gasteiger partial charge on any atom is 0.401 e. The summed E-state index contributed by atoms with van der Waals surface area (Å²) in [7, 11) is 1.51. The zero-order valence-electron chi connectivity index (χ0n) is 11.3. The van der Waals surface area contributed by atoms with Gasteiger partial charge < -0.3 is 15.4 Å². The first kappa shape index (κ1) is 16.3. The molecule has 0 aliphatic heterocycles. The van der Waals surface area contributed by atoms with Gasteiger partial charge in [-0.2, -0.15) is 13.2 Å². The second-order valence-corrected chi connectivity index (χ2v) is 4.25. The molecular weight excluding hydrogens is 273 g/mol. The fourth-order valence-corrected chi connectivity index (χ4v) is 1.71. The maximum atomic E-state index is 11.9. The van der Waals surface area contributed by atoms with Crippen LogP contribution < -0.4 is 15.4 Å². The van der Waals surface area contributed by atoms with Gasteiger partial charge in [0, 0.05) is 5.56 Å². The molecule has 0 aliphatic carbocycles. The van der Waals surface area contributed by atoms with Crippen LogP contribution in [0, 0.1) is 0 Å². The molecule has 0 unspecified atom stereocenters. The van der Waals surface area contributed by atoms with E-state index in [1.54, 1.807) is 31.2 Å². The summed E-state index contributed by atoms with van der Waals surface area (Å²) in [6, 6.07) is 6.77. The van der Waals surface area contributed by atoms with Crippen LogP contribution in [0.25, 0.3) is 0 Å². The number of nitrogens with one attached hydrogen (secondary N) is 2. The van der Waals surface area contributed by atoms with Crippen molar-refractivity contribution in [1.82, 2.24) is 10.6 Å². The van der Waals surface area contributed by atoms with Crippen LogP contribution in [0.2, 0.25) is 0 Å². The Morgan fingerprint density at radius 1 is 1.35 bits per heavy atom. The number of ether oxygens (including phenoxy) is 1. The Labute approximate surface area is 115 Å². The van der Waals surface area contributed by atoms with Crippen molar-refractivity contribution in [1.29, 1.82) is 0 Å². The summed E-state index contributed by atoms with van der Waals surface area (Å²) in [5, 5.41) is 4.65. The van der Waals surface area contributed by atoms with E-state index in [-0.39, 0.29) is 12.6 Å². The van der Waals surface area contributed by atoms with E-state index in [1.165, 1.54) is 7.11 Å². The van der Waals surface area contributed by atoms with Crippen molar-refractivity contribution >= 4 is 5.91 Å². The average Bonchev–Trinajstić information content (AvgIpc) is 2.37. The molecule has 20 heavy (non-hydrogen) atoms. The van der Waals surface area contributed by atoms with Crippen LogP contribution in [0.4, 0.5) is 13.2 Å². The molecule has 1 aromatic rings. The number of para-hydroxylation sites is 1. The summed E-state index contributed by atoms with van der Waals surface area (Å²) in [5.74, 6) is 0.108. The second kappa shape index (κ2) is 7.14. The molecule has 1 rings (SSSR count). The summed E-state index contributed by atoms with van der Waals surface area (Å²) in [6.07, 6.45) is -4.32. The largest absolute Gasteiger partial charge is 0.496 e. The minimum Gasteiger partial charge on any atom is -0.496 e. The molecule has 0 bridgehead atoms. The van der Waals surface area contributed by atoms with Crippen molar-refractivity contribution < 1.29 is 22.7 Å². The van der Waals surface area contributed by atoms with E-state index in [0.717, 1.165) is 5.56 Å². The fraction of sp³-hybridized carbons (Fsp3) is 0.462. The maximum absolute atomic E-state index is 11.9. The van der Waals surface area contributed by atoms with Gasteiger partial charge in [-0.3, -0.25) is 4.79 Å². The van der Waals surface area contributed by atoms with Gasteiger partial charge in [0.1, 0.15) is 5.75 Å². The van der Waals surface area contributed by atoms with Crippen molar-refractivity contribution in [2.75, 3.05) is 20.2 Å². The van der Waals surface area contributed by atoms with Gasteiger partial charge in [-0.15, -0.1) is 0 Å². The SMILES string of the molecule is COc1ccccc1[C@@H](C)NC(=O)CNCC(F)(F)F. The molecule has 0 saturated carbocycles. The zero-order valence-corrected chi connectivity index (χ0v) is 11.3. The van der Waals surface area contributed by atoms with Crippen LogP contribution in [0.15, 0.2) is 24.3 Å². The Bertz CT molecular complexity index is 449. The van der Waals surface area contributed by atoms with Crippen molar-refractivity contribution in [2.24, 2.45) is 0 Å². The van der Waals surface area contributed by atoms with Crippen molar-refractivity contribution in [2.45, 2.75) is 19.1 Å². The molecule has 4 nitrogen and oxygen atoms in total. The lowest BCUT2D eigenvalue weighted by Gasteiger charge is -2.17. The molecular formula is C13H17F3N2O2. The van der Waals surface area contributed by atoms with Gasteiger partial charge in [-0.1, -0.05) is 18.2 Å². The molecule has 2 N–H and O–H groups in total. The molecule has 1 aromatic carbocycles. The van der Waals surface area contributed by atoms with Gasteiger partial charge in [-0.05, 0) is 13.0 Å². The average molecular weight is 290 g/mol. The van der Waals surface area contributed by atoms with Crippen molar-refractivity contribution in [3.8, 4) is 5.75 Å². The number of alkyl halides is 3. The van der Waals surface area contributed by atoms with Gasteiger partial charge in [0.05, 0.1) is 26.2 Å². The number of hydrogen-bond acceptors (Lipinski definition) is 3. The van der Waals surface area contributed by atoms with E-state index in [4.69, 9.17) is 4.74 Å². The predicted octanol–water partition coefficient (Wildman–Crippen LogP) is 2.02. The van der Waals surface area contributed by atoms with Gasteiger partial charge in [0.15, 0.2) is 0 Å². The number of benzene rings is 1. The van der Waals surface area contributed by atoms with Crippen molar-refractivity contribution in [3.05, 3.63) is 29.8 Å². The lowest BCUT2D eigenvalue weighted by Crippen LogP contribution is -2.39. The van der Waals surface area contributed by atoms with E-state index in [1.807, 2.05) is 5.32 Å². The van der Waals surface area contributed by atoms with Gasteiger partial charge in [0.2, 0.25) is 5.91 Å². The third-order valence-electron chi connectivity index (χ3n) is 2.59. The first-order chi connectivity index (χ1) is 9.33. The number of amides is 1. The Hall–Kier alpha value is -1.76. The Kier molecular flexibility index (Phi) is 5.82. The molecule has 0 aliphatic rings. The fourth-order valence-electron chi connectivity index (χ4n) is 1.71. The van der Waals surface area contributed by atoms with Gasteiger partial charge >= 0.3 is 6.18 Å². The second-order valence-electron chi connectivity index (χ2n) is 4.25. The molecule has 0 heterocycles. The highest BCUT2D eigenvalue weighted by Crippen LogP contribution is 2.24. The monoisotopic (exact) mass is 290 g/mol. The minimum absolute atomic E-state index is 0.355. The number of rotatable bonds is 6. The number of methoxy groups -OCH3 is 1. The van der Waals surface area contributed by atoms with E-state index in [2.05, 4.69) is 5.32 Å². The molecule has 0 radical (unpaired) electrons. The topological polar surface area (TPSA) is 50.4 Å². The number of carbonyl (C=O) groups is 1. The van der Waals surface area contributed by atoms with Crippen LogP contribution in [-0.2, 0) is 4.79 Å². The van der Waals surface area contributed by atoms with E-state index >= 15 is 0 Å². The summed E-state index contributed by atoms with van der Waals surface area (Å²) in [5.41, 5.74) is 0.763. The van der Waals surface area contributed by atoms with Gasteiger partial charge in [-0.25, -0.2) is 0 Å². The van der Waals surface area contributed by atoms with E-state index in [0.29, 0.717) is 5.75 Å². The lowest BCUT2D eigenvalue weighted by atomic mass is 10.1. The first-order valence-electron chi connectivity index (χ1n) is 6.03. The molecule has 0 saturated heterocycles. The third kappa shape index (κ3) is 5.48. The standard InChI is InChI=1S/C13H17F3N2O2/c1-9(10-5-3-4-6-11(10)20-2)18-12(19)7-17-8-13(14,15)16/h3-6,9,17H,7-8H2,1-2H3,(H,18,19)/t9-/m1/s1. The smallest absolute Gasteiger partial charge is 0.401 e. The number of hydrogen-bond donors (Lipinski definition) is 2. The molecule has 7 heteroatoms. The molecule has 0 aromatic heterocycles. The van der Waals surface area contributed by atoms with Crippen LogP contribution in [0.1, 0.15) is 18.5 Å². The van der Waals surface area contributed by atoms with Gasteiger partial charge in [0.25, 0.3) is 0 Å². The quantitative estimate of drug-likeness (QED) is 0.843. The van der Waals surface area contributed by atoms with Crippen LogP contribution >= 0.6 is 0 Å². The highest BCUT2D eigenvalue weighted by atomic mass is 19.4. The number of carbonyl (C=O) groups excluding carboxylic acids is 1. The molecule has 1 amide bonds. The Balaban J connectivity index is 2.49. The van der Waals surface area contributed by atoms with E-state index < -0.39 is 18.6 Å². The third-order valence-corrected chi connectivity index (χ3v) is 2.59. The number of halogens is 3. The summed E-state index contributed by atoms with van der Waals surface area (Å²) in [4.78, 5) is 11.5. The summed E-state index contributed by atoms with van der Waals surface area (Å²) < 4.78 is 40.9. The molecule has 0 fully saturated rings. The lowest BCUT2D eigenvalue weighted by molar-refractivity contribution is -0.128. The minimum atomic E-state index is -4.32. The van der Waals surface area contributed by atoms with Crippen LogP contribution in [0.5, 0.6) is 5.75 Å². The highest BCUT2D eigenvalue weighted by molar-refractivity contribution is 5.78. The summed E-state index contributed by atoms with van der Waals surface area (Å²) in [6.45, 7) is 0.155. The van der Waals surface area contributed by atoms with Crippen molar-refractivity contribution in [3.63, 3.8) is 0 Å². The highest BCUT2D eigenvalue weighted by Gasteiger charge is 2.26. The summed E-state index contributed by atoms with van der Waals surface area (Å²) >= 11 is 0. The van der Waals surface area contributed by atoms with E-state index in [9.17, 15) is 18.0 Å². The Morgan fingerprint density at radius 3 is 2.60 bits per heavy atom. The molecule has 1 atom stereocenters. The Morgan fingerprint density at radius 2 is 2.00 bits per heavy atom. The molecule has 0 spiro atoms. The van der Waals surface area contributed by atoms with Crippen LogP contribution in [-0.4, -0.2) is 32.3 Å². The predicted molar refractivity (Wildman–Crippen MR) is 68.5 cm³/mol. The molecule has 112 valence electrons. The zero-order chi connectivity index (χ0) is 15.2. The first-order valence-corrected chi connectivity index (χ1v) is 6.03.